The topological polar surface area (TPSA) is 0 Å². The zero-order valence-corrected chi connectivity index (χ0v) is 13.0. The number of hydrogen-bond donors (Lipinski definition) is 0. The average Bonchev–Trinajstić information content (AvgIpc) is 2.17. The third kappa shape index (κ3) is 8.50. The molecule has 0 aromatic heterocycles. The third-order valence-electron chi connectivity index (χ3n) is 3.17. The van der Waals surface area contributed by atoms with Gasteiger partial charge in [-0.05, 0) is 38.5 Å². The van der Waals surface area contributed by atoms with Gasteiger partial charge in [0.15, 0.2) is 0 Å². The van der Waals surface area contributed by atoms with Gasteiger partial charge in [0.1, 0.15) is 0 Å². The third-order valence-corrected chi connectivity index (χ3v) is 6.69. The Hall–Kier alpha value is 0.700. The van der Waals surface area contributed by atoms with Crippen molar-refractivity contribution in [2.24, 2.45) is 5.41 Å². The van der Waals surface area contributed by atoms with Gasteiger partial charge in [-0.3, -0.25) is 0 Å². The summed E-state index contributed by atoms with van der Waals surface area (Å²) in [4.78, 5) is 0. The van der Waals surface area contributed by atoms with Gasteiger partial charge in [-0.25, -0.2) is 0 Å². The molecular weight excluding hydrogens is 220 g/mol. The monoisotopic (exact) mass is 248 g/mol. The Labute approximate surface area is 105 Å². The van der Waals surface area contributed by atoms with E-state index >= 15 is 0 Å². The van der Waals surface area contributed by atoms with E-state index in [0.29, 0.717) is 10.2 Å². The summed E-state index contributed by atoms with van der Waals surface area (Å²) >= 11 is 0. The summed E-state index contributed by atoms with van der Waals surface area (Å²) in [5.41, 5.74) is 0.547. The fraction of sp³-hybridized carbons (Fsp3) is 1.00. The maximum atomic E-state index is 2.38. The standard InChI is InChI=1S/C13H28S2/c1-7-12(3,4)10-9-11-14-15-13(5,6)8-2/h7-11H2,1-6H3. The molecule has 2 heteroatoms. The normalized spacial score (nSPS) is 13.2. The maximum Gasteiger partial charge on any atom is 0.0204 e. The summed E-state index contributed by atoms with van der Waals surface area (Å²) in [6.07, 6.45) is 5.28. The number of rotatable bonds is 8. The van der Waals surface area contributed by atoms with Crippen molar-refractivity contribution >= 4 is 21.6 Å². The minimum absolute atomic E-state index is 0.449. The van der Waals surface area contributed by atoms with Gasteiger partial charge in [0.2, 0.25) is 0 Å². The Morgan fingerprint density at radius 3 is 2.00 bits per heavy atom. The first-order valence-corrected chi connectivity index (χ1v) is 8.45. The molecule has 15 heavy (non-hydrogen) atoms. The van der Waals surface area contributed by atoms with Crippen LogP contribution in [0.25, 0.3) is 0 Å². The van der Waals surface area contributed by atoms with Crippen molar-refractivity contribution in [1.82, 2.24) is 0 Å². The van der Waals surface area contributed by atoms with E-state index in [1.807, 2.05) is 0 Å². The summed E-state index contributed by atoms with van der Waals surface area (Å²) < 4.78 is 0.449. The first-order valence-electron chi connectivity index (χ1n) is 6.13. The first kappa shape index (κ1) is 15.7. The highest BCUT2D eigenvalue weighted by Gasteiger charge is 2.17. The van der Waals surface area contributed by atoms with E-state index in [9.17, 15) is 0 Å². The molecule has 0 saturated heterocycles. The van der Waals surface area contributed by atoms with Crippen molar-refractivity contribution in [1.29, 1.82) is 0 Å². The molecule has 0 unspecified atom stereocenters. The van der Waals surface area contributed by atoms with Crippen LogP contribution in [0.15, 0.2) is 0 Å². The van der Waals surface area contributed by atoms with Crippen LogP contribution in [-0.2, 0) is 0 Å². The highest BCUT2D eigenvalue weighted by atomic mass is 33.1. The van der Waals surface area contributed by atoms with E-state index in [2.05, 4.69) is 63.1 Å². The molecule has 0 amide bonds. The van der Waals surface area contributed by atoms with Crippen molar-refractivity contribution in [2.75, 3.05) is 5.75 Å². The van der Waals surface area contributed by atoms with E-state index < -0.39 is 0 Å². The lowest BCUT2D eigenvalue weighted by atomic mass is 9.86. The fourth-order valence-corrected chi connectivity index (χ4v) is 3.74. The van der Waals surface area contributed by atoms with Crippen LogP contribution in [0.2, 0.25) is 0 Å². The Balaban J connectivity index is 3.48. The second-order valence-electron chi connectivity index (χ2n) is 5.64. The van der Waals surface area contributed by atoms with Crippen LogP contribution < -0.4 is 0 Å². The van der Waals surface area contributed by atoms with E-state index in [4.69, 9.17) is 0 Å². The second-order valence-corrected chi connectivity index (χ2v) is 8.76. The molecule has 0 radical (unpaired) electrons. The molecule has 0 bridgehead atoms. The van der Waals surface area contributed by atoms with Gasteiger partial charge in [0.25, 0.3) is 0 Å². The van der Waals surface area contributed by atoms with Gasteiger partial charge in [0.05, 0.1) is 0 Å². The molecule has 0 rings (SSSR count). The molecule has 0 N–H and O–H groups in total. The zero-order valence-electron chi connectivity index (χ0n) is 11.4. The van der Waals surface area contributed by atoms with Crippen LogP contribution in [0, 0.1) is 5.41 Å². The van der Waals surface area contributed by atoms with E-state index in [-0.39, 0.29) is 0 Å². The minimum Gasteiger partial charge on any atom is -0.0936 e. The molecule has 0 spiro atoms. The lowest BCUT2D eigenvalue weighted by Crippen LogP contribution is -2.11. The quantitative estimate of drug-likeness (QED) is 0.395. The van der Waals surface area contributed by atoms with Gasteiger partial charge in [-0.2, -0.15) is 0 Å². The average molecular weight is 249 g/mol. The molecule has 0 aliphatic carbocycles. The zero-order chi connectivity index (χ0) is 11.9. The predicted molar refractivity (Wildman–Crippen MR) is 77.7 cm³/mol. The van der Waals surface area contributed by atoms with Crippen LogP contribution in [0.3, 0.4) is 0 Å². The van der Waals surface area contributed by atoms with Crippen molar-refractivity contribution < 1.29 is 0 Å². The molecule has 0 aliphatic heterocycles. The summed E-state index contributed by atoms with van der Waals surface area (Å²) in [7, 11) is 4.11. The highest BCUT2D eigenvalue weighted by molar-refractivity contribution is 8.77. The van der Waals surface area contributed by atoms with Gasteiger partial charge in [-0.15, -0.1) is 0 Å². The van der Waals surface area contributed by atoms with E-state index in [0.717, 1.165) is 0 Å². The van der Waals surface area contributed by atoms with Gasteiger partial charge in [0, 0.05) is 10.5 Å². The second kappa shape index (κ2) is 7.11. The molecule has 0 aromatic carbocycles. The molecule has 0 atom stereocenters. The van der Waals surface area contributed by atoms with Crippen molar-refractivity contribution in [2.45, 2.75) is 72.0 Å². The molecule has 0 aromatic rings. The van der Waals surface area contributed by atoms with Gasteiger partial charge >= 0.3 is 0 Å². The smallest absolute Gasteiger partial charge is 0.0204 e. The Morgan fingerprint density at radius 1 is 0.933 bits per heavy atom. The van der Waals surface area contributed by atoms with Crippen LogP contribution in [0.5, 0.6) is 0 Å². The van der Waals surface area contributed by atoms with E-state index in [1.165, 1.54) is 31.4 Å². The highest BCUT2D eigenvalue weighted by Crippen LogP contribution is 2.38. The van der Waals surface area contributed by atoms with Crippen LogP contribution in [0.4, 0.5) is 0 Å². The molecule has 0 nitrogen and oxygen atoms in total. The largest absolute Gasteiger partial charge is 0.0936 e. The lowest BCUT2D eigenvalue weighted by molar-refractivity contribution is 0.320. The summed E-state index contributed by atoms with van der Waals surface area (Å²) in [6.45, 7) is 14.0. The molecular formula is C13H28S2. The minimum atomic E-state index is 0.449. The number of hydrogen-bond acceptors (Lipinski definition) is 2. The maximum absolute atomic E-state index is 2.38. The Bertz CT molecular complexity index is 144. The molecule has 92 valence electrons. The van der Waals surface area contributed by atoms with Crippen LogP contribution >= 0.6 is 21.6 Å². The van der Waals surface area contributed by atoms with Crippen molar-refractivity contribution in [3.63, 3.8) is 0 Å². The molecule has 0 saturated carbocycles. The lowest BCUT2D eigenvalue weighted by Gasteiger charge is -2.23. The molecule has 0 fully saturated rings. The predicted octanol–water partition coefficient (Wildman–Crippen LogP) is 5.77. The SMILES string of the molecule is CCC(C)(C)CCCSSC(C)(C)CC. The van der Waals surface area contributed by atoms with Crippen LogP contribution in [0.1, 0.15) is 67.2 Å². The van der Waals surface area contributed by atoms with Gasteiger partial charge in [-0.1, -0.05) is 55.7 Å². The van der Waals surface area contributed by atoms with Gasteiger partial charge < -0.3 is 0 Å². The first-order chi connectivity index (χ1) is 6.83. The van der Waals surface area contributed by atoms with E-state index in [1.54, 1.807) is 0 Å². The summed E-state index contributed by atoms with van der Waals surface area (Å²) in [5, 5.41) is 0. The molecule has 0 heterocycles. The summed E-state index contributed by atoms with van der Waals surface area (Å²) in [6, 6.07) is 0. The molecule has 0 aliphatic rings. The van der Waals surface area contributed by atoms with Crippen molar-refractivity contribution in [3.05, 3.63) is 0 Å². The Morgan fingerprint density at radius 2 is 1.53 bits per heavy atom. The summed E-state index contributed by atoms with van der Waals surface area (Å²) in [5.74, 6) is 1.30. The van der Waals surface area contributed by atoms with Crippen LogP contribution in [-0.4, -0.2) is 10.5 Å². The van der Waals surface area contributed by atoms with Crippen molar-refractivity contribution in [3.8, 4) is 0 Å². The Kier molecular flexibility index (Phi) is 7.44. The fourth-order valence-electron chi connectivity index (χ4n) is 1.05.